The first kappa shape index (κ1) is 11.9. The van der Waals surface area contributed by atoms with E-state index in [2.05, 4.69) is 32.1 Å². The van der Waals surface area contributed by atoms with Gasteiger partial charge in [0.2, 0.25) is 11.9 Å². The van der Waals surface area contributed by atoms with Crippen molar-refractivity contribution in [2.75, 3.05) is 37.5 Å². The van der Waals surface area contributed by atoms with Crippen LogP contribution in [0, 0.1) is 5.92 Å². The van der Waals surface area contributed by atoms with Crippen LogP contribution in [-0.2, 0) is 0 Å². The number of aromatic nitrogens is 3. The first-order valence-electron chi connectivity index (χ1n) is 5.99. The summed E-state index contributed by atoms with van der Waals surface area (Å²) in [5.74, 6) is 2.03. The molecule has 0 aliphatic heterocycles. The maximum absolute atomic E-state index is 5.08. The molecule has 1 fully saturated rings. The van der Waals surface area contributed by atoms with Crippen LogP contribution in [-0.4, -0.2) is 42.2 Å². The van der Waals surface area contributed by atoms with E-state index in [4.69, 9.17) is 4.74 Å². The van der Waals surface area contributed by atoms with E-state index < -0.39 is 0 Å². The highest BCUT2D eigenvalue weighted by Crippen LogP contribution is 2.30. The van der Waals surface area contributed by atoms with Crippen LogP contribution < -0.4 is 15.0 Å². The van der Waals surface area contributed by atoms with Crippen LogP contribution in [0.3, 0.4) is 0 Å². The van der Waals surface area contributed by atoms with Gasteiger partial charge >= 0.3 is 6.01 Å². The van der Waals surface area contributed by atoms with Crippen LogP contribution in [0.5, 0.6) is 6.01 Å². The first-order chi connectivity index (χ1) is 8.26. The van der Waals surface area contributed by atoms with Crippen molar-refractivity contribution in [1.82, 2.24) is 15.0 Å². The maximum atomic E-state index is 5.08. The molecule has 6 heteroatoms. The molecular weight excluding hydrogens is 218 g/mol. The molecule has 6 nitrogen and oxygen atoms in total. The van der Waals surface area contributed by atoms with Crippen LogP contribution in [0.1, 0.15) is 19.8 Å². The van der Waals surface area contributed by atoms with Gasteiger partial charge in [-0.1, -0.05) is 0 Å². The Labute approximate surface area is 101 Å². The molecule has 0 spiro atoms. The normalized spacial score (nSPS) is 14.5. The van der Waals surface area contributed by atoms with E-state index in [9.17, 15) is 0 Å². The Morgan fingerprint density at radius 3 is 2.65 bits per heavy atom. The van der Waals surface area contributed by atoms with Crippen molar-refractivity contribution in [3.05, 3.63) is 0 Å². The monoisotopic (exact) mass is 237 g/mol. The summed E-state index contributed by atoms with van der Waals surface area (Å²) in [5.41, 5.74) is 0. The molecule has 0 saturated heterocycles. The third kappa shape index (κ3) is 2.95. The minimum absolute atomic E-state index is 0.355. The van der Waals surface area contributed by atoms with Crippen molar-refractivity contribution in [3.63, 3.8) is 0 Å². The lowest BCUT2D eigenvalue weighted by molar-refractivity contribution is 0.378. The van der Waals surface area contributed by atoms with Gasteiger partial charge < -0.3 is 15.0 Å². The number of nitrogens with one attached hydrogen (secondary N) is 1. The number of hydrogen-bond donors (Lipinski definition) is 1. The molecule has 0 unspecified atom stereocenters. The van der Waals surface area contributed by atoms with Crippen molar-refractivity contribution in [2.24, 2.45) is 5.92 Å². The molecule has 0 amide bonds. The zero-order chi connectivity index (χ0) is 12.3. The third-order valence-corrected chi connectivity index (χ3v) is 2.85. The molecule has 2 rings (SSSR count). The van der Waals surface area contributed by atoms with E-state index in [0.29, 0.717) is 17.9 Å². The summed E-state index contributed by atoms with van der Waals surface area (Å²) < 4.78 is 5.08. The Morgan fingerprint density at radius 2 is 2.12 bits per heavy atom. The topological polar surface area (TPSA) is 63.2 Å². The quantitative estimate of drug-likeness (QED) is 0.801. The van der Waals surface area contributed by atoms with Gasteiger partial charge in [0, 0.05) is 20.1 Å². The van der Waals surface area contributed by atoms with E-state index in [0.717, 1.165) is 19.0 Å². The average molecular weight is 237 g/mol. The first-order valence-corrected chi connectivity index (χ1v) is 5.99. The molecule has 94 valence electrons. The molecule has 0 radical (unpaired) electrons. The molecule has 0 bridgehead atoms. The van der Waals surface area contributed by atoms with Gasteiger partial charge in [-0.2, -0.15) is 15.0 Å². The summed E-state index contributed by atoms with van der Waals surface area (Å²) in [7, 11) is 3.35. The van der Waals surface area contributed by atoms with Crippen molar-refractivity contribution in [1.29, 1.82) is 0 Å². The van der Waals surface area contributed by atoms with Gasteiger partial charge in [0.15, 0.2) is 0 Å². The van der Waals surface area contributed by atoms with Gasteiger partial charge in [0.25, 0.3) is 0 Å². The minimum atomic E-state index is 0.355. The van der Waals surface area contributed by atoms with E-state index in [-0.39, 0.29) is 0 Å². The molecule has 1 aromatic heterocycles. The fourth-order valence-electron chi connectivity index (χ4n) is 1.65. The number of rotatable bonds is 6. The summed E-state index contributed by atoms with van der Waals surface area (Å²) in [5, 5.41) is 2.92. The highest BCUT2D eigenvalue weighted by atomic mass is 16.5. The van der Waals surface area contributed by atoms with Crippen LogP contribution in [0.15, 0.2) is 0 Å². The van der Waals surface area contributed by atoms with Gasteiger partial charge in [-0.25, -0.2) is 0 Å². The SMILES string of the molecule is CCN(CC1CC1)c1nc(NC)nc(OC)n1. The highest BCUT2D eigenvalue weighted by Gasteiger charge is 2.25. The number of hydrogen-bond acceptors (Lipinski definition) is 6. The predicted octanol–water partition coefficient (Wildman–Crippen LogP) is 1.16. The van der Waals surface area contributed by atoms with Crippen molar-refractivity contribution in [2.45, 2.75) is 19.8 Å². The van der Waals surface area contributed by atoms with Crippen molar-refractivity contribution in [3.8, 4) is 6.01 Å². The summed E-state index contributed by atoms with van der Waals surface area (Å²) in [6.45, 7) is 4.03. The lowest BCUT2D eigenvalue weighted by atomic mass is 10.4. The minimum Gasteiger partial charge on any atom is -0.467 e. The Kier molecular flexibility index (Phi) is 3.61. The molecule has 1 aromatic rings. The average Bonchev–Trinajstić information content (AvgIpc) is 3.19. The highest BCUT2D eigenvalue weighted by molar-refractivity contribution is 5.38. The van der Waals surface area contributed by atoms with Crippen molar-refractivity contribution >= 4 is 11.9 Å². The molecular formula is C11H19N5O. The molecule has 1 heterocycles. The molecule has 0 atom stereocenters. The number of ether oxygens (including phenoxy) is 1. The summed E-state index contributed by atoms with van der Waals surface area (Å²) in [6, 6.07) is 0.355. The molecule has 1 aliphatic rings. The number of nitrogens with zero attached hydrogens (tertiary/aromatic N) is 4. The molecule has 1 aliphatic carbocycles. The van der Waals surface area contributed by atoms with Crippen LogP contribution in [0.2, 0.25) is 0 Å². The lowest BCUT2D eigenvalue weighted by Crippen LogP contribution is -2.27. The largest absolute Gasteiger partial charge is 0.467 e. The zero-order valence-corrected chi connectivity index (χ0v) is 10.6. The molecule has 0 aromatic carbocycles. The second kappa shape index (κ2) is 5.16. The van der Waals surface area contributed by atoms with Gasteiger partial charge in [-0.3, -0.25) is 0 Å². The smallest absolute Gasteiger partial charge is 0.322 e. The fraction of sp³-hybridized carbons (Fsp3) is 0.727. The van der Waals surface area contributed by atoms with Gasteiger partial charge in [-0.15, -0.1) is 0 Å². The fourth-order valence-corrected chi connectivity index (χ4v) is 1.65. The van der Waals surface area contributed by atoms with Crippen LogP contribution in [0.25, 0.3) is 0 Å². The lowest BCUT2D eigenvalue weighted by Gasteiger charge is -2.20. The maximum Gasteiger partial charge on any atom is 0.322 e. The van der Waals surface area contributed by atoms with Gasteiger partial charge in [-0.05, 0) is 25.7 Å². The van der Waals surface area contributed by atoms with Crippen molar-refractivity contribution < 1.29 is 4.74 Å². The summed E-state index contributed by atoms with van der Waals surface area (Å²) in [6.07, 6.45) is 2.63. The zero-order valence-electron chi connectivity index (χ0n) is 10.6. The Morgan fingerprint density at radius 1 is 1.35 bits per heavy atom. The van der Waals surface area contributed by atoms with Gasteiger partial charge in [0.05, 0.1) is 7.11 Å². The molecule has 17 heavy (non-hydrogen) atoms. The Bertz CT molecular complexity index is 358. The number of anilines is 2. The summed E-state index contributed by atoms with van der Waals surface area (Å²) >= 11 is 0. The van der Waals surface area contributed by atoms with E-state index in [1.807, 2.05) is 0 Å². The third-order valence-electron chi connectivity index (χ3n) is 2.85. The van der Waals surface area contributed by atoms with E-state index in [1.165, 1.54) is 12.8 Å². The Hall–Kier alpha value is -1.59. The summed E-state index contributed by atoms with van der Waals surface area (Å²) in [4.78, 5) is 14.9. The predicted molar refractivity (Wildman–Crippen MR) is 66.5 cm³/mol. The van der Waals surface area contributed by atoms with E-state index >= 15 is 0 Å². The number of methoxy groups -OCH3 is 1. The standard InChI is InChI=1S/C11H19N5O/c1-4-16(7-8-5-6-8)10-13-9(12-2)14-11(15-10)17-3/h8H,4-7H2,1-3H3,(H,12,13,14,15). The Balaban J connectivity index is 2.20. The van der Waals surface area contributed by atoms with Gasteiger partial charge in [0.1, 0.15) is 0 Å². The second-order valence-electron chi connectivity index (χ2n) is 4.18. The molecule has 1 N–H and O–H groups in total. The van der Waals surface area contributed by atoms with Crippen LogP contribution >= 0.6 is 0 Å². The van der Waals surface area contributed by atoms with Crippen LogP contribution in [0.4, 0.5) is 11.9 Å². The second-order valence-corrected chi connectivity index (χ2v) is 4.18. The van der Waals surface area contributed by atoms with E-state index in [1.54, 1.807) is 14.2 Å². The molecule has 1 saturated carbocycles.